The topological polar surface area (TPSA) is 210 Å². The highest BCUT2D eigenvalue weighted by molar-refractivity contribution is 5.95. The van der Waals surface area contributed by atoms with Crippen molar-refractivity contribution in [1.29, 1.82) is 0 Å². The van der Waals surface area contributed by atoms with Crippen molar-refractivity contribution in [3.8, 4) is 0 Å². The highest BCUT2D eigenvalue weighted by Crippen LogP contribution is 2.11. The van der Waals surface area contributed by atoms with Gasteiger partial charge in [0.05, 0.1) is 0 Å². The molecule has 0 aromatic carbocycles. The number of nitrogens with zero attached hydrogens (tertiary/aromatic N) is 1. The van der Waals surface area contributed by atoms with Gasteiger partial charge in [0.15, 0.2) is 5.96 Å². The molecule has 0 bridgehead atoms. The summed E-state index contributed by atoms with van der Waals surface area (Å²) in [5.74, 6) is -1.51. The van der Waals surface area contributed by atoms with E-state index in [1.165, 1.54) is 0 Å². The molecule has 254 valence electrons. The predicted molar refractivity (Wildman–Crippen MR) is 174 cm³/mol. The zero-order chi connectivity index (χ0) is 33.8. The van der Waals surface area contributed by atoms with E-state index in [0.29, 0.717) is 57.4 Å². The van der Waals surface area contributed by atoms with Crippen LogP contribution in [0.15, 0.2) is 4.99 Å². The summed E-state index contributed by atoms with van der Waals surface area (Å²) in [6.07, 6.45) is 3.31. The van der Waals surface area contributed by atoms with E-state index in [4.69, 9.17) is 11.5 Å². The lowest BCUT2D eigenvalue weighted by atomic mass is 10.0. The van der Waals surface area contributed by atoms with E-state index < -0.39 is 41.9 Å². The Morgan fingerprint density at radius 3 is 1.55 bits per heavy atom. The first-order valence-corrected chi connectivity index (χ1v) is 16.1. The van der Waals surface area contributed by atoms with Crippen molar-refractivity contribution in [2.24, 2.45) is 34.2 Å². The van der Waals surface area contributed by atoms with Crippen LogP contribution >= 0.6 is 0 Å². The number of aliphatic imine (C=N–C) groups is 1. The summed E-state index contributed by atoms with van der Waals surface area (Å²) in [7, 11) is 0. The van der Waals surface area contributed by atoms with Gasteiger partial charge in [0, 0.05) is 19.5 Å². The number of likely N-dealkylation sites (N-methyl/N-ethyl adjacent to an activating group) is 1. The van der Waals surface area contributed by atoms with E-state index in [1.54, 1.807) is 6.92 Å². The van der Waals surface area contributed by atoms with E-state index in [1.807, 2.05) is 48.5 Å². The standard InChI is InChI=1S/C31H60N8O5/c1-9-12-22(28(42)39-24(17-20(5)6)27(41)34-10-2)37-29(43)23(13-11-16-35-31(32)33)38-30(44)25(18-21(7)8)36-26(40)15-14-19(3)4/h19-25H,9-18H2,1-8H3,(H,34,41)(H,36,40)(H,37,43)(H,38,44)(H,39,42)(H4,32,33,35)/t22?,23?,24-,25?/m0/s1. The fraction of sp³-hybridized carbons (Fsp3) is 0.806. The molecule has 0 heterocycles. The second kappa shape index (κ2) is 22.2. The maximum absolute atomic E-state index is 13.6. The van der Waals surface area contributed by atoms with Crippen molar-refractivity contribution in [2.75, 3.05) is 13.1 Å². The SMILES string of the molecule is CCCC(NC(=O)C(CCCN=C(N)N)NC(=O)C(CC(C)C)NC(=O)CCC(C)C)C(=O)N[C@@H](CC(C)C)C(=O)NCC. The van der Waals surface area contributed by atoms with E-state index in [2.05, 4.69) is 31.6 Å². The predicted octanol–water partition coefficient (Wildman–Crippen LogP) is 1.44. The van der Waals surface area contributed by atoms with Gasteiger partial charge in [-0.25, -0.2) is 0 Å². The molecule has 13 heteroatoms. The number of carbonyl (C=O) groups excluding carboxylic acids is 5. The molecule has 3 unspecified atom stereocenters. The van der Waals surface area contributed by atoms with E-state index >= 15 is 0 Å². The Morgan fingerprint density at radius 1 is 0.614 bits per heavy atom. The van der Waals surface area contributed by atoms with Crippen LogP contribution in [0, 0.1) is 17.8 Å². The molecule has 0 spiro atoms. The van der Waals surface area contributed by atoms with Crippen molar-refractivity contribution in [2.45, 2.75) is 131 Å². The first kappa shape index (κ1) is 40.6. The van der Waals surface area contributed by atoms with Gasteiger partial charge in [0.1, 0.15) is 24.2 Å². The van der Waals surface area contributed by atoms with Crippen molar-refractivity contribution in [1.82, 2.24) is 26.6 Å². The second-order valence-corrected chi connectivity index (χ2v) is 12.6. The van der Waals surface area contributed by atoms with Gasteiger partial charge in [-0.1, -0.05) is 54.9 Å². The number of nitrogens with one attached hydrogen (secondary N) is 5. The van der Waals surface area contributed by atoms with Gasteiger partial charge in [0.25, 0.3) is 0 Å². The minimum absolute atomic E-state index is 0.0844. The van der Waals surface area contributed by atoms with Crippen LogP contribution in [0.25, 0.3) is 0 Å². The Balaban J connectivity index is 5.92. The average Bonchev–Trinajstić information content (AvgIpc) is 2.91. The molecule has 0 radical (unpaired) electrons. The van der Waals surface area contributed by atoms with Gasteiger partial charge in [-0.05, 0) is 63.2 Å². The summed E-state index contributed by atoms with van der Waals surface area (Å²) >= 11 is 0. The molecule has 0 fully saturated rings. The first-order valence-electron chi connectivity index (χ1n) is 16.1. The van der Waals surface area contributed by atoms with Crippen molar-refractivity contribution >= 4 is 35.5 Å². The summed E-state index contributed by atoms with van der Waals surface area (Å²) < 4.78 is 0. The van der Waals surface area contributed by atoms with Crippen LogP contribution in [-0.4, -0.2) is 72.8 Å². The molecule has 44 heavy (non-hydrogen) atoms. The molecule has 0 aliphatic carbocycles. The summed E-state index contributed by atoms with van der Waals surface area (Å²) in [5.41, 5.74) is 10.9. The number of hydrogen-bond acceptors (Lipinski definition) is 6. The van der Waals surface area contributed by atoms with Gasteiger partial charge in [-0.2, -0.15) is 0 Å². The fourth-order valence-corrected chi connectivity index (χ4v) is 4.54. The third kappa shape index (κ3) is 18.3. The molecule has 0 aromatic rings. The van der Waals surface area contributed by atoms with E-state index in [-0.39, 0.29) is 42.6 Å². The van der Waals surface area contributed by atoms with Crippen LogP contribution in [0.1, 0.15) is 107 Å². The van der Waals surface area contributed by atoms with Crippen LogP contribution in [0.3, 0.4) is 0 Å². The smallest absolute Gasteiger partial charge is 0.243 e. The van der Waals surface area contributed by atoms with Crippen molar-refractivity contribution in [3.63, 3.8) is 0 Å². The van der Waals surface area contributed by atoms with Crippen molar-refractivity contribution in [3.05, 3.63) is 0 Å². The normalized spacial score (nSPS) is 13.9. The molecular formula is C31H60N8O5. The zero-order valence-corrected chi connectivity index (χ0v) is 28.3. The van der Waals surface area contributed by atoms with Crippen LogP contribution in [0.4, 0.5) is 0 Å². The molecular weight excluding hydrogens is 564 g/mol. The number of rotatable bonds is 22. The Hall–Kier alpha value is -3.38. The molecule has 0 saturated carbocycles. The van der Waals surface area contributed by atoms with E-state index in [9.17, 15) is 24.0 Å². The molecule has 0 aromatic heterocycles. The zero-order valence-electron chi connectivity index (χ0n) is 28.3. The molecule has 0 rings (SSSR count). The molecule has 0 aliphatic heterocycles. The highest BCUT2D eigenvalue weighted by Gasteiger charge is 2.31. The number of hydrogen-bond donors (Lipinski definition) is 7. The minimum atomic E-state index is -1.01. The first-order chi connectivity index (χ1) is 20.6. The van der Waals surface area contributed by atoms with Crippen LogP contribution in [-0.2, 0) is 24.0 Å². The molecule has 9 N–H and O–H groups in total. The third-order valence-corrected chi connectivity index (χ3v) is 6.79. The number of nitrogens with two attached hydrogens (primary N) is 2. The Labute approximate surface area is 264 Å². The fourth-order valence-electron chi connectivity index (χ4n) is 4.54. The van der Waals surface area contributed by atoms with Crippen LogP contribution in [0.5, 0.6) is 0 Å². The van der Waals surface area contributed by atoms with E-state index in [0.717, 1.165) is 0 Å². The molecule has 5 amide bonds. The molecule has 13 nitrogen and oxygen atoms in total. The lowest BCUT2D eigenvalue weighted by Crippen LogP contribution is -2.58. The van der Waals surface area contributed by atoms with Crippen LogP contribution in [0.2, 0.25) is 0 Å². The lowest BCUT2D eigenvalue weighted by molar-refractivity contribution is -0.135. The third-order valence-electron chi connectivity index (χ3n) is 6.79. The second-order valence-electron chi connectivity index (χ2n) is 12.6. The van der Waals surface area contributed by atoms with Crippen LogP contribution < -0.4 is 38.1 Å². The maximum atomic E-state index is 13.6. The molecule has 0 saturated heterocycles. The quantitative estimate of drug-likeness (QED) is 0.0535. The summed E-state index contributed by atoms with van der Waals surface area (Å²) in [4.78, 5) is 69.5. The highest BCUT2D eigenvalue weighted by atomic mass is 16.2. The Bertz CT molecular complexity index is 934. The largest absolute Gasteiger partial charge is 0.370 e. The van der Waals surface area contributed by atoms with Gasteiger partial charge in [-0.3, -0.25) is 29.0 Å². The Morgan fingerprint density at radius 2 is 1.09 bits per heavy atom. The van der Waals surface area contributed by atoms with Crippen molar-refractivity contribution < 1.29 is 24.0 Å². The van der Waals surface area contributed by atoms with Gasteiger partial charge >= 0.3 is 0 Å². The lowest BCUT2D eigenvalue weighted by Gasteiger charge is -2.27. The Kier molecular flexibility index (Phi) is 20.5. The van der Waals surface area contributed by atoms with Gasteiger partial charge in [-0.15, -0.1) is 0 Å². The number of amides is 5. The monoisotopic (exact) mass is 624 g/mol. The number of guanidine groups is 1. The average molecular weight is 625 g/mol. The molecule has 0 aliphatic rings. The van der Waals surface area contributed by atoms with Gasteiger partial charge < -0.3 is 38.1 Å². The summed E-state index contributed by atoms with van der Waals surface area (Å²) in [6.45, 7) is 16.2. The molecule has 4 atom stereocenters. The minimum Gasteiger partial charge on any atom is -0.370 e. The van der Waals surface area contributed by atoms with Gasteiger partial charge in [0.2, 0.25) is 29.5 Å². The number of carbonyl (C=O) groups is 5. The summed E-state index contributed by atoms with van der Waals surface area (Å²) in [5, 5.41) is 14.0. The maximum Gasteiger partial charge on any atom is 0.243 e. The summed E-state index contributed by atoms with van der Waals surface area (Å²) in [6, 6.07) is -3.51.